The van der Waals surface area contributed by atoms with E-state index in [4.69, 9.17) is 0 Å². The summed E-state index contributed by atoms with van der Waals surface area (Å²) in [7, 11) is 0. The lowest BCUT2D eigenvalue weighted by Gasteiger charge is -2.20. The van der Waals surface area contributed by atoms with Gasteiger partial charge in [-0.1, -0.05) is 18.2 Å². The minimum atomic E-state index is -0.269. The minimum absolute atomic E-state index is 0.129. The molecule has 25 heavy (non-hydrogen) atoms. The summed E-state index contributed by atoms with van der Waals surface area (Å²) in [6.07, 6.45) is 1.63. The van der Waals surface area contributed by atoms with E-state index in [1.165, 1.54) is 9.58 Å². The number of pyridine rings is 1. The van der Waals surface area contributed by atoms with Crippen LogP contribution < -0.4 is 10.5 Å². The standard InChI is InChI=1S/C18H17BrN4O2/c1-3-22(16-9-8-13(19)10-20-16)17(24)11-23-18(25)15-7-5-4-6-14(15)12(2)21-23/h4-10H,3,11H2,1-2H3. The van der Waals surface area contributed by atoms with E-state index in [0.29, 0.717) is 23.4 Å². The first-order valence-corrected chi connectivity index (χ1v) is 8.69. The van der Waals surface area contributed by atoms with Gasteiger partial charge < -0.3 is 0 Å². The smallest absolute Gasteiger partial charge is 0.275 e. The van der Waals surface area contributed by atoms with E-state index in [0.717, 1.165) is 9.86 Å². The second kappa shape index (κ2) is 7.14. The molecule has 0 fully saturated rings. The van der Waals surface area contributed by atoms with Crippen molar-refractivity contribution in [3.63, 3.8) is 0 Å². The zero-order chi connectivity index (χ0) is 18.0. The molecular formula is C18H17BrN4O2. The first kappa shape index (κ1) is 17.3. The van der Waals surface area contributed by atoms with Gasteiger partial charge in [0.1, 0.15) is 12.4 Å². The van der Waals surface area contributed by atoms with Gasteiger partial charge in [-0.15, -0.1) is 0 Å². The minimum Gasteiger partial charge on any atom is -0.295 e. The number of aromatic nitrogens is 3. The Labute approximate surface area is 153 Å². The van der Waals surface area contributed by atoms with Crippen LogP contribution in [-0.2, 0) is 11.3 Å². The van der Waals surface area contributed by atoms with Gasteiger partial charge in [0.15, 0.2) is 0 Å². The highest BCUT2D eigenvalue weighted by Gasteiger charge is 2.18. The Morgan fingerprint density at radius 3 is 2.56 bits per heavy atom. The van der Waals surface area contributed by atoms with Gasteiger partial charge in [-0.05, 0) is 48.0 Å². The molecule has 1 amide bonds. The molecule has 0 unspecified atom stereocenters. The van der Waals surface area contributed by atoms with Gasteiger partial charge in [0, 0.05) is 22.6 Å². The average Bonchev–Trinajstić information content (AvgIpc) is 2.62. The van der Waals surface area contributed by atoms with Crippen LogP contribution in [0.2, 0.25) is 0 Å². The predicted octanol–water partition coefficient (Wildman–Crippen LogP) is 2.92. The van der Waals surface area contributed by atoms with E-state index in [1.54, 1.807) is 24.4 Å². The molecule has 0 atom stereocenters. The second-order valence-corrected chi connectivity index (χ2v) is 6.48. The Morgan fingerprint density at radius 1 is 1.20 bits per heavy atom. The lowest BCUT2D eigenvalue weighted by atomic mass is 10.1. The van der Waals surface area contributed by atoms with Gasteiger partial charge in [-0.25, -0.2) is 9.67 Å². The van der Waals surface area contributed by atoms with Crippen LogP contribution in [0, 0.1) is 6.92 Å². The number of halogens is 1. The SMILES string of the molecule is CCN(C(=O)Cn1nc(C)c2ccccc2c1=O)c1ccc(Br)cn1. The summed E-state index contributed by atoms with van der Waals surface area (Å²) in [5.41, 5.74) is 0.446. The third-order valence-corrected chi connectivity index (χ3v) is 4.41. The molecule has 0 spiro atoms. The van der Waals surface area contributed by atoms with Crippen molar-refractivity contribution in [1.29, 1.82) is 0 Å². The van der Waals surface area contributed by atoms with Crippen molar-refractivity contribution >= 4 is 38.4 Å². The monoisotopic (exact) mass is 400 g/mol. The van der Waals surface area contributed by atoms with Gasteiger partial charge in [0.25, 0.3) is 5.56 Å². The number of carbonyl (C=O) groups is 1. The fourth-order valence-electron chi connectivity index (χ4n) is 2.72. The molecular weight excluding hydrogens is 384 g/mol. The molecule has 0 aliphatic heterocycles. The molecule has 0 saturated carbocycles. The molecule has 0 aliphatic carbocycles. The lowest BCUT2D eigenvalue weighted by Crippen LogP contribution is -2.38. The number of fused-ring (bicyclic) bond motifs is 1. The molecule has 3 aromatic rings. The molecule has 7 heteroatoms. The molecule has 0 N–H and O–H groups in total. The first-order valence-electron chi connectivity index (χ1n) is 7.89. The van der Waals surface area contributed by atoms with E-state index >= 15 is 0 Å². The fraction of sp³-hybridized carbons (Fsp3) is 0.222. The molecule has 0 bridgehead atoms. The van der Waals surface area contributed by atoms with Crippen LogP contribution in [0.5, 0.6) is 0 Å². The highest BCUT2D eigenvalue weighted by Crippen LogP contribution is 2.16. The highest BCUT2D eigenvalue weighted by molar-refractivity contribution is 9.10. The number of hydrogen-bond donors (Lipinski definition) is 0. The number of hydrogen-bond acceptors (Lipinski definition) is 4. The summed E-state index contributed by atoms with van der Waals surface area (Å²) >= 11 is 3.33. The molecule has 2 heterocycles. The lowest BCUT2D eigenvalue weighted by molar-refractivity contribution is -0.119. The van der Waals surface area contributed by atoms with Crippen LogP contribution in [0.25, 0.3) is 10.8 Å². The van der Waals surface area contributed by atoms with E-state index in [9.17, 15) is 9.59 Å². The van der Waals surface area contributed by atoms with Gasteiger partial charge in [-0.3, -0.25) is 14.5 Å². The quantitative estimate of drug-likeness (QED) is 0.674. The molecule has 0 radical (unpaired) electrons. The highest BCUT2D eigenvalue weighted by atomic mass is 79.9. The number of benzene rings is 1. The number of carbonyl (C=O) groups excluding carboxylic acids is 1. The van der Waals surface area contributed by atoms with Crippen molar-refractivity contribution in [2.75, 3.05) is 11.4 Å². The Morgan fingerprint density at radius 2 is 1.92 bits per heavy atom. The van der Waals surface area contributed by atoms with Gasteiger partial charge in [0.05, 0.1) is 11.1 Å². The van der Waals surface area contributed by atoms with Crippen LogP contribution in [0.15, 0.2) is 51.9 Å². The maximum atomic E-state index is 12.7. The van der Waals surface area contributed by atoms with Crippen molar-refractivity contribution in [3.8, 4) is 0 Å². The largest absolute Gasteiger partial charge is 0.295 e. The topological polar surface area (TPSA) is 68.1 Å². The third kappa shape index (κ3) is 3.46. The maximum absolute atomic E-state index is 12.7. The zero-order valence-corrected chi connectivity index (χ0v) is 15.5. The van der Waals surface area contributed by atoms with Crippen LogP contribution in [-0.4, -0.2) is 27.2 Å². The van der Waals surface area contributed by atoms with Crippen molar-refractivity contribution < 1.29 is 4.79 Å². The summed E-state index contributed by atoms with van der Waals surface area (Å²) in [5, 5.41) is 5.66. The van der Waals surface area contributed by atoms with Crippen molar-refractivity contribution in [3.05, 3.63) is 63.1 Å². The third-order valence-electron chi connectivity index (χ3n) is 3.94. The molecule has 1 aromatic carbocycles. The van der Waals surface area contributed by atoms with Gasteiger partial charge in [-0.2, -0.15) is 5.10 Å². The summed E-state index contributed by atoms with van der Waals surface area (Å²) in [4.78, 5) is 31.1. The normalized spacial score (nSPS) is 10.8. The predicted molar refractivity (Wildman–Crippen MR) is 101 cm³/mol. The number of aryl methyl sites for hydroxylation is 1. The van der Waals surface area contributed by atoms with E-state index < -0.39 is 0 Å². The Hall–Kier alpha value is -2.54. The van der Waals surface area contributed by atoms with Crippen molar-refractivity contribution in [2.45, 2.75) is 20.4 Å². The fourth-order valence-corrected chi connectivity index (χ4v) is 2.95. The Bertz CT molecular complexity index is 983. The van der Waals surface area contributed by atoms with Crippen LogP contribution in [0.4, 0.5) is 5.82 Å². The van der Waals surface area contributed by atoms with Crippen molar-refractivity contribution in [1.82, 2.24) is 14.8 Å². The van der Waals surface area contributed by atoms with Crippen LogP contribution in [0.3, 0.4) is 0 Å². The molecule has 0 saturated heterocycles. The Kier molecular flexibility index (Phi) is 4.94. The average molecular weight is 401 g/mol. The zero-order valence-electron chi connectivity index (χ0n) is 13.9. The maximum Gasteiger partial charge on any atom is 0.275 e. The first-order chi connectivity index (χ1) is 12.0. The molecule has 0 aliphatic rings. The summed E-state index contributed by atoms with van der Waals surface area (Å²) < 4.78 is 2.06. The number of nitrogens with zero attached hydrogens (tertiary/aromatic N) is 4. The van der Waals surface area contributed by atoms with Crippen LogP contribution in [0.1, 0.15) is 12.6 Å². The van der Waals surface area contributed by atoms with Gasteiger partial charge in [0.2, 0.25) is 5.91 Å². The number of anilines is 1. The van der Waals surface area contributed by atoms with Crippen LogP contribution >= 0.6 is 15.9 Å². The van der Waals surface area contributed by atoms with E-state index in [2.05, 4.69) is 26.0 Å². The van der Waals surface area contributed by atoms with E-state index in [-0.39, 0.29) is 18.0 Å². The number of rotatable bonds is 4. The summed E-state index contributed by atoms with van der Waals surface area (Å²) in [6, 6.07) is 10.9. The number of amides is 1. The van der Waals surface area contributed by atoms with Crippen molar-refractivity contribution in [2.24, 2.45) is 0 Å². The Balaban J connectivity index is 1.94. The summed E-state index contributed by atoms with van der Waals surface area (Å²) in [5.74, 6) is 0.308. The van der Waals surface area contributed by atoms with Gasteiger partial charge >= 0.3 is 0 Å². The number of likely N-dealkylation sites (N-methyl/N-ethyl adjacent to an activating group) is 1. The molecule has 2 aromatic heterocycles. The van der Waals surface area contributed by atoms with E-state index in [1.807, 2.05) is 32.0 Å². The second-order valence-electron chi connectivity index (χ2n) is 5.57. The molecule has 128 valence electrons. The summed E-state index contributed by atoms with van der Waals surface area (Å²) in [6.45, 7) is 4.02. The molecule has 6 nitrogen and oxygen atoms in total. The molecule has 3 rings (SSSR count).